The summed E-state index contributed by atoms with van der Waals surface area (Å²) in [7, 11) is 1.42. The Morgan fingerprint density at radius 3 is 2.69 bits per heavy atom. The first-order valence-electron chi connectivity index (χ1n) is 5.99. The van der Waals surface area contributed by atoms with Crippen molar-refractivity contribution >= 4 is 5.97 Å². The molecule has 0 spiro atoms. The van der Waals surface area contributed by atoms with Crippen LogP contribution >= 0.6 is 0 Å². The monoisotopic (exact) mass is 230 g/mol. The molecule has 0 amide bonds. The molecule has 1 N–H and O–H groups in total. The fourth-order valence-electron chi connectivity index (χ4n) is 3.03. The van der Waals surface area contributed by atoms with Gasteiger partial charge in [-0.25, -0.2) is 4.89 Å². The minimum atomic E-state index is -0.162. The van der Waals surface area contributed by atoms with Crippen molar-refractivity contribution in [1.82, 2.24) is 0 Å². The number of methoxy groups -OCH3 is 1. The van der Waals surface area contributed by atoms with E-state index in [1.807, 2.05) is 0 Å². The average molecular weight is 230 g/mol. The molecule has 1 fully saturated rings. The van der Waals surface area contributed by atoms with E-state index in [1.54, 1.807) is 0 Å². The highest BCUT2D eigenvalue weighted by molar-refractivity contribution is 5.73. The molecule has 94 valence electrons. The van der Waals surface area contributed by atoms with Gasteiger partial charge in [-0.1, -0.05) is 20.3 Å². The first kappa shape index (κ1) is 13.5. The van der Waals surface area contributed by atoms with Gasteiger partial charge in [0.1, 0.15) is 0 Å². The minimum absolute atomic E-state index is 0.0778. The molecule has 4 atom stereocenters. The van der Waals surface area contributed by atoms with E-state index in [-0.39, 0.29) is 24.4 Å². The lowest BCUT2D eigenvalue weighted by Crippen LogP contribution is -2.29. The molecule has 4 unspecified atom stereocenters. The predicted molar refractivity (Wildman–Crippen MR) is 59.8 cm³/mol. The largest absolute Gasteiger partial charge is 0.469 e. The van der Waals surface area contributed by atoms with Gasteiger partial charge in [0, 0.05) is 5.92 Å². The van der Waals surface area contributed by atoms with Crippen LogP contribution in [0.2, 0.25) is 0 Å². The van der Waals surface area contributed by atoms with Gasteiger partial charge in [0.05, 0.1) is 19.6 Å². The third-order valence-corrected chi connectivity index (χ3v) is 3.77. The second kappa shape index (κ2) is 6.21. The predicted octanol–water partition coefficient (Wildman–Crippen LogP) is 2.34. The molecule has 1 saturated carbocycles. The molecule has 0 saturated heterocycles. The van der Waals surface area contributed by atoms with Gasteiger partial charge in [0.15, 0.2) is 0 Å². The zero-order valence-corrected chi connectivity index (χ0v) is 10.3. The summed E-state index contributed by atoms with van der Waals surface area (Å²) in [6.45, 7) is 4.45. The minimum Gasteiger partial charge on any atom is -0.469 e. The summed E-state index contributed by atoms with van der Waals surface area (Å²) >= 11 is 0. The topological polar surface area (TPSA) is 55.8 Å². The summed E-state index contributed by atoms with van der Waals surface area (Å²) in [6, 6.07) is 0. The van der Waals surface area contributed by atoms with Gasteiger partial charge in [0.25, 0.3) is 0 Å². The van der Waals surface area contributed by atoms with E-state index >= 15 is 0 Å². The van der Waals surface area contributed by atoms with E-state index in [0.717, 1.165) is 19.3 Å². The van der Waals surface area contributed by atoms with Gasteiger partial charge in [-0.2, -0.15) is 0 Å². The van der Waals surface area contributed by atoms with Gasteiger partial charge < -0.3 is 4.74 Å². The lowest BCUT2D eigenvalue weighted by Gasteiger charge is -2.22. The molecule has 16 heavy (non-hydrogen) atoms. The maximum Gasteiger partial charge on any atom is 0.309 e. The number of carbonyl (C=O) groups is 1. The molecule has 0 radical (unpaired) electrons. The molecule has 0 aliphatic heterocycles. The summed E-state index contributed by atoms with van der Waals surface area (Å²) in [5.74, 6) is 0.561. The molecule has 0 aromatic rings. The van der Waals surface area contributed by atoms with E-state index in [0.29, 0.717) is 11.8 Å². The SMILES string of the molecule is CCCC1CC(C)C(COO)C1C(=O)OC. The molecule has 4 heteroatoms. The van der Waals surface area contributed by atoms with Gasteiger partial charge in [-0.3, -0.25) is 10.1 Å². The number of hydrogen-bond donors (Lipinski definition) is 1. The fraction of sp³-hybridized carbons (Fsp3) is 0.917. The van der Waals surface area contributed by atoms with E-state index in [9.17, 15) is 4.79 Å². The van der Waals surface area contributed by atoms with Crippen LogP contribution in [-0.4, -0.2) is 24.9 Å². The van der Waals surface area contributed by atoms with Gasteiger partial charge >= 0.3 is 5.97 Å². The smallest absolute Gasteiger partial charge is 0.309 e. The maximum absolute atomic E-state index is 11.8. The number of ether oxygens (including phenoxy) is 1. The second-order valence-corrected chi connectivity index (χ2v) is 4.77. The van der Waals surface area contributed by atoms with E-state index in [4.69, 9.17) is 9.99 Å². The first-order chi connectivity index (χ1) is 7.65. The molecule has 1 aliphatic rings. The Morgan fingerprint density at radius 2 is 2.19 bits per heavy atom. The van der Waals surface area contributed by atoms with Crippen LogP contribution in [0.1, 0.15) is 33.1 Å². The highest BCUT2D eigenvalue weighted by Crippen LogP contribution is 2.44. The standard InChI is InChI=1S/C12H22O4/c1-4-5-9-6-8(2)10(7-16-14)11(9)12(13)15-3/h8-11,14H,4-7H2,1-3H3. The highest BCUT2D eigenvalue weighted by Gasteiger charge is 2.45. The third kappa shape index (κ3) is 2.74. The van der Waals surface area contributed by atoms with Crippen LogP contribution in [0.4, 0.5) is 0 Å². The van der Waals surface area contributed by atoms with E-state index < -0.39 is 0 Å². The van der Waals surface area contributed by atoms with Crippen molar-refractivity contribution in [2.45, 2.75) is 33.1 Å². The molecule has 0 aromatic heterocycles. The van der Waals surface area contributed by atoms with E-state index in [1.165, 1.54) is 7.11 Å². The van der Waals surface area contributed by atoms with Crippen molar-refractivity contribution in [3.05, 3.63) is 0 Å². The van der Waals surface area contributed by atoms with Crippen LogP contribution in [0, 0.1) is 23.7 Å². The Kier molecular flexibility index (Phi) is 5.22. The average Bonchev–Trinajstić information content (AvgIpc) is 2.56. The summed E-state index contributed by atoms with van der Waals surface area (Å²) < 4.78 is 4.86. The summed E-state index contributed by atoms with van der Waals surface area (Å²) in [5.41, 5.74) is 0. The van der Waals surface area contributed by atoms with Crippen molar-refractivity contribution < 1.29 is 19.7 Å². The normalized spacial score (nSPS) is 34.0. The van der Waals surface area contributed by atoms with Crippen molar-refractivity contribution in [1.29, 1.82) is 0 Å². The second-order valence-electron chi connectivity index (χ2n) is 4.77. The maximum atomic E-state index is 11.8. The Labute approximate surface area is 96.9 Å². The fourth-order valence-corrected chi connectivity index (χ4v) is 3.03. The van der Waals surface area contributed by atoms with Crippen LogP contribution in [0.3, 0.4) is 0 Å². The number of carbonyl (C=O) groups excluding carboxylic acids is 1. The Balaban J connectivity index is 2.77. The van der Waals surface area contributed by atoms with Crippen LogP contribution in [0.25, 0.3) is 0 Å². The van der Waals surface area contributed by atoms with Crippen LogP contribution in [0.5, 0.6) is 0 Å². The Morgan fingerprint density at radius 1 is 1.50 bits per heavy atom. The van der Waals surface area contributed by atoms with Gasteiger partial charge in [-0.05, 0) is 24.7 Å². The van der Waals surface area contributed by atoms with Crippen molar-refractivity contribution in [3.63, 3.8) is 0 Å². The van der Waals surface area contributed by atoms with Gasteiger partial charge in [-0.15, -0.1) is 0 Å². The summed E-state index contributed by atoms with van der Waals surface area (Å²) in [6.07, 6.45) is 3.12. The molecular weight excluding hydrogens is 208 g/mol. The molecule has 0 aromatic carbocycles. The van der Waals surface area contributed by atoms with Crippen LogP contribution in [0.15, 0.2) is 0 Å². The summed E-state index contributed by atoms with van der Waals surface area (Å²) in [4.78, 5) is 16.0. The van der Waals surface area contributed by atoms with Gasteiger partial charge in [0.2, 0.25) is 0 Å². The third-order valence-electron chi connectivity index (χ3n) is 3.77. The lowest BCUT2D eigenvalue weighted by molar-refractivity contribution is -0.255. The van der Waals surface area contributed by atoms with Crippen molar-refractivity contribution in [2.75, 3.05) is 13.7 Å². The van der Waals surface area contributed by atoms with Crippen LogP contribution < -0.4 is 0 Å². The Hall–Kier alpha value is -0.610. The number of esters is 1. The molecular formula is C12H22O4. The van der Waals surface area contributed by atoms with Crippen molar-refractivity contribution in [3.8, 4) is 0 Å². The Bertz CT molecular complexity index is 229. The zero-order chi connectivity index (χ0) is 12.1. The lowest BCUT2D eigenvalue weighted by atomic mass is 9.86. The summed E-state index contributed by atoms with van der Waals surface area (Å²) in [5, 5.41) is 8.58. The number of hydrogen-bond acceptors (Lipinski definition) is 4. The quantitative estimate of drug-likeness (QED) is 0.447. The molecule has 0 heterocycles. The number of rotatable bonds is 5. The molecule has 1 aliphatic carbocycles. The zero-order valence-electron chi connectivity index (χ0n) is 10.3. The van der Waals surface area contributed by atoms with E-state index in [2.05, 4.69) is 18.7 Å². The molecule has 0 bridgehead atoms. The first-order valence-corrected chi connectivity index (χ1v) is 5.99. The molecule has 4 nitrogen and oxygen atoms in total. The van der Waals surface area contributed by atoms with Crippen LogP contribution in [-0.2, 0) is 14.4 Å². The molecule has 1 rings (SSSR count). The van der Waals surface area contributed by atoms with Crippen molar-refractivity contribution in [2.24, 2.45) is 23.7 Å². The highest BCUT2D eigenvalue weighted by atomic mass is 17.1.